The van der Waals surface area contributed by atoms with Gasteiger partial charge in [0, 0.05) is 18.5 Å². The molecule has 2 atom stereocenters. The molecule has 3 aliphatic rings. The number of carboxylic acid groups (broad SMARTS) is 1. The molecule has 3 aliphatic heterocycles. The quantitative estimate of drug-likeness (QED) is 0.0686. The fraction of sp³-hybridized carbons (Fsp3) is 0.316. The van der Waals surface area contributed by atoms with Crippen LogP contribution >= 0.6 is 23.2 Å². The van der Waals surface area contributed by atoms with Crippen molar-refractivity contribution in [1.82, 2.24) is 4.90 Å². The molecule has 7 rings (SSSR count). The van der Waals surface area contributed by atoms with E-state index in [0.717, 1.165) is 25.9 Å². The molecule has 0 saturated carbocycles. The van der Waals surface area contributed by atoms with Crippen molar-refractivity contribution in [3.8, 4) is 23.0 Å². The second-order valence-corrected chi connectivity index (χ2v) is 13.4. The molecule has 3 fully saturated rings. The highest BCUT2D eigenvalue weighted by atomic mass is 35.5. The largest absolute Gasteiger partial charge is 0.619 e. The van der Waals surface area contributed by atoms with Gasteiger partial charge in [0.2, 0.25) is 0 Å². The van der Waals surface area contributed by atoms with E-state index in [1.165, 1.54) is 49.7 Å². The average Bonchev–Trinajstić information content (AvgIpc) is 3.16. The van der Waals surface area contributed by atoms with Crippen LogP contribution in [-0.2, 0) is 27.2 Å². The van der Waals surface area contributed by atoms with E-state index < -0.39 is 18.2 Å². The number of carbonyl (C=O) groups is 3. The first-order valence-corrected chi connectivity index (χ1v) is 17.6. The maximum Gasteiger partial charge on any atom is 0.415 e. The Balaban J connectivity index is 0.00000181. The first kappa shape index (κ1) is 39.8. The average molecular weight is 785 g/mol. The van der Waals surface area contributed by atoms with Gasteiger partial charge in [0.15, 0.2) is 23.9 Å². The molecule has 0 unspecified atom stereocenters. The number of halogens is 2. The number of esters is 1. The molecule has 1 amide bonds. The number of para-hydroxylation sites is 1. The molecule has 16 heteroatoms. The van der Waals surface area contributed by atoms with Gasteiger partial charge < -0.3 is 39.5 Å². The van der Waals surface area contributed by atoms with Crippen molar-refractivity contribution in [3.63, 3.8) is 0 Å². The van der Waals surface area contributed by atoms with Gasteiger partial charge in [0.1, 0.15) is 39.4 Å². The van der Waals surface area contributed by atoms with Gasteiger partial charge in [-0.3, -0.25) is 14.6 Å². The van der Waals surface area contributed by atoms with E-state index in [1.54, 1.807) is 42.5 Å². The maximum atomic E-state index is 13.7. The van der Waals surface area contributed by atoms with Gasteiger partial charge in [-0.05, 0) is 79.4 Å². The van der Waals surface area contributed by atoms with Crippen molar-refractivity contribution >= 4 is 47.4 Å². The van der Waals surface area contributed by atoms with Crippen molar-refractivity contribution in [2.75, 3.05) is 38.8 Å². The summed E-state index contributed by atoms with van der Waals surface area (Å²) < 4.78 is 23.3. The molecule has 0 aliphatic carbocycles. The third-order valence-electron chi connectivity index (χ3n) is 9.34. The minimum absolute atomic E-state index is 0.0402. The van der Waals surface area contributed by atoms with Gasteiger partial charge in [-0.1, -0.05) is 47.5 Å². The summed E-state index contributed by atoms with van der Waals surface area (Å²) in [6.45, 7) is 2.27. The molecule has 1 aromatic heterocycles. The number of benzene rings is 3. The Kier molecular flexibility index (Phi) is 13.3. The lowest BCUT2D eigenvalue weighted by Gasteiger charge is -2.44. The van der Waals surface area contributed by atoms with Crippen molar-refractivity contribution in [3.05, 3.63) is 111 Å². The molecule has 3 N–H and O–H groups in total. The Morgan fingerprint density at radius 1 is 0.981 bits per heavy atom. The van der Waals surface area contributed by atoms with Crippen LogP contribution in [0.3, 0.4) is 0 Å². The SMILES string of the molecule is COc1ccc([C@H](Cc2c(Cl)c[n+]([O-])cc2Cl)OC(=O)c2ccc(CN(C(=O)O[C@H]3CN4CCC3CC4)c3c(O)cccc3O)cc2)cc1OC.O=CO. The number of anilines is 1. The van der Waals surface area contributed by atoms with Crippen LogP contribution in [0.25, 0.3) is 0 Å². The van der Waals surface area contributed by atoms with Crippen molar-refractivity contribution in [1.29, 1.82) is 0 Å². The lowest BCUT2D eigenvalue weighted by molar-refractivity contribution is -0.605. The van der Waals surface area contributed by atoms with Crippen molar-refractivity contribution < 1.29 is 53.4 Å². The van der Waals surface area contributed by atoms with Crippen LogP contribution in [0.2, 0.25) is 10.0 Å². The van der Waals surface area contributed by atoms with E-state index in [0.29, 0.717) is 39.5 Å². The summed E-state index contributed by atoms with van der Waals surface area (Å²) in [5.74, 6) is -0.0970. The first-order valence-electron chi connectivity index (χ1n) is 16.8. The van der Waals surface area contributed by atoms with Crippen LogP contribution in [-0.4, -0.2) is 78.7 Å². The molecule has 3 saturated heterocycles. The van der Waals surface area contributed by atoms with E-state index in [2.05, 4.69) is 4.90 Å². The van der Waals surface area contributed by atoms with Gasteiger partial charge in [-0.2, -0.15) is 4.73 Å². The van der Waals surface area contributed by atoms with Crippen molar-refractivity contribution in [2.45, 2.75) is 38.0 Å². The summed E-state index contributed by atoms with van der Waals surface area (Å²) in [6, 6.07) is 15.7. The van der Waals surface area contributed by atoms with E-state index >= 15 is 0 Å². The Labute approximate surface area is 321 Å². The normalized spacial score (nSPS) is 17.7. The standard InChI is InChI=1S/C37H37Cl2N3O9.CH2O2/c1-48-31-11-10-25(16-33(31)49-2)32(17-26-27(38)19-41(47)20-28(26)39)50-36(45)24-8-6-22(7-9-24)18-42(35-29(43)4-3-5-30(35)44)37(46)51-34-21-40-14-12-23(34)13-15-40;2-1-3/h3-11,16,19-20,23,32,34,43-44H,12-15,17-18,21H2,1-2H3;1H,(H,2,3)/t32-,34-;/m0./s1. The lowest BCUT2D eigenvalue weighted by atomic mass is 9.86. The number of ether oxygens (including phenoxy) is 4. The number of nitrogens with zero attached hydrogens (tertiary/aromatic N) is 3. The summed E-state index contributed by atoms with van der Waals surface area (Å²) >= 11 is 12.8. The minimum Gasteiger partial charge on any atom is -0.619 e. The number of aromatic nitrogens is 1. The number of phenolic OH excluding ortho intramolecular Hbond substituents is 2. The molecule has 286 valence electrons. The predicted octanol–water partition coefficient (Wildman–Crippen LogP) is 6.13. The summed E-state index contributed by atoms with van der Waals surface area (Å²) in [6.07, 6.45) is 2.35. The molecule has 0 radical (unpaired) electrons. The molecule has 54 heavy (non-hydrogen) atoms. The van der Waals surface area contributed by atoms with Gasteiger partial charge in [0.05, 0.1) is 26.3 Å². The molecular formula is C38H39Cl2N3O11. The molecular weight excluding hydrogens is 745 g/mol. The zero-order chi connectivity index (χ0) is 38.9. The third kappa shape index (κ3) is 9.37. The van der Waals surface area contributed by atoms with Crippen LogP contribution in [0, 0.1) is 11.1 Å². The number of hydrogen-bond donors (Lipinski definition) is 3. The monoisotopic (exact) mass is 783 g/mol. The van der Waals surface area contributed by atoms with Gasteiger partial charge in [0.25, 0.3) is 6.47 Å². The van der Waals surface area contributed by atoms with Gasteiger partial charge in [-0.15, -0.1) is 0 Å². The molecule has 4 heterocycles. The van der Waals surface area contributed by atoms with E-state index in [-0.39, 0.29) is 64.3 Å². The van der Waals surface area contributed by atoms with Gasteiger partial charge in [-0.25, -0.2) is 9.59 Å². The van der Waals surface area contributed by atoms with Crippen LogP contribution in [0.15, 0.2) is 73.1 Å². The summed E-state index contributed by atoms with van der Waals surface area (Å²) in [4.78, 5) is 39.1. The fourth-order valence-corrected chi connectivity index (χ4v) is 7.18. The molecule has 14 nitrogen and oxygen atoms in total. The van der Waals surface area contributed by atoms with Crippen LogP contribution in [0.1, 0.15) is 46.0 Å². The first-order chi connectivity index (χ1) is 26.0. The topological polar surface area (TPSA) is 182 Å². The number of fused-ring (bicyclic) bond motifs is 3. The fourth-order valence-electron chi connectivity index (χ4n) is 6.59. The Bertz CT molecular complexity index is 1910. The van der Waals surface area contributed by atoms with E-state index in [4.69, 9.17) is 52.1 Å². The molecule has 4 aromatic rings. The highest BCUT2D eigenvalue weighted by molar-refractivity contribution is 6.35. The zero-order valence-electron chi connectivity index (χ0n) is 29.4. The third-order valence-corrected chi connectivity index (χ3v) is 9.99. The number of rotatable bonds is 11. The summed E-state index contributed by atoms with van der Waals surface area (Å²) in [7, 11) is 2.99. The summed E-state index contributed by atoms with van der Waals surface area (Å²) in [5, 5.41) is 40.3. The molecule has 0 spiro atoms. The number of phenols is 2. The number of methoxy groups -OCH3 is 2. The second kappa shape index (κ2) is 18.1. The Hall–Kier alpha value is -5.44. The number of amides is 1. The molecule has 3 aromatic carbocycles. The number of piperidine rings is 3. The Morgan fingerprint density at radius 3 is 2.15 bits per heavy atom. The van der Waals surface area contributed by atoms with Crippen molar-refractivity contribution in [2.24, 2.45) is 5.92 Å². The highest BCUT2D eigenvalue weighted by Gasteiger charge is 2.38. The van der Waals surface area contributed by atoms with E-state index in [1.807, 2.05) is 0 Å². The van der Waals surface area contributed by atoms with Crippen LogP contribution in [0.5, 0.6) is 23.0 Å². The lowest BCUT2D eigenvalue weighted by Crippen LogP contribution is -2.53. The number of carbonyl (C=O) groups excluding carboxylic acids is 2. The predicted molar refractivity (Wildman–Crippen MR) is 197 cm³/mol. The second-order valence-electron chi connectivity index (χ2n) is 12.6. The highest BCUT2D eigenvalue weighted by Crippen LogP contribution is 2.39. The summed E-state index contributed by atoms with van der Waals surface area (Å²) in [5.41, 5.74) is 1.68. The maximum absolute atomic E-state index is 13.7. The zero-order valence-corrected chi connectivity index (χ0v) is 30.9. The van der Waals surface area contributed by atoms with E-state index in [9.17, 15) is 25.0 Å². The minimum atomic E-state index is -0.907. The van der Waals surface area contributed by atoms with Crippen LogP contribution < -0.4 is 19.1 Å². The molecule has 2 bridgehead atoms. The van der Waals surface area contributed by atoms with Crippen LogP contribution in [0.4, 0.5) is 10.5 Å². The smallest absolute Gasteiger partial charge is 0.415 e. The number of pyridine rings is 1. The number of aromatic hydroxyl groups is 2. The Morgan fingerprint density at radius 2 is 1.59 bits per heavy atom. The number of hydrogen-bond acceptors (Lipinski definition) is 11. The van der Waals surface area contributed by atoms with Gasteiger partial charge >= 0.3 is 12.1 Å².